The van der Waals surface area contributed by atoms with Gasteiger partial charge in [0.15, 0.2) is 0 Å². The molecule has 0 radical (unpaired) electrons. The molecule has 2 rings (SSSR count). The van der Waals surface area contributed by atoms with Gasteiger partial charge in [-0.25, -0.2) is 4.79 Å². The predicted octanol–water partition coefficient (Wildman–Crippen LogP) is 1.81. The van der Waals surface area contributed by atoms with E-state index in [0.29, 0.717) is 13.1 Å². The Kier molecular flexibility index (Phi) is 6.67. The minimum absolute atomic E-state index is 0.00702. The van der Waals surface area contributed by atoms with Crippen molar-refractivity contribution in [2.45, 2.75) is 70.9 Å². The van der Waals surface area contributed by atoms with Crippen LogP contribution in [0, 0.1) is 5.92 Å². The predicted molar refractivity (Wildman–Crippen MR) is 93.9 cm³/mol. The summed E-state index contributed by atoms with van der Waals surface area (Å²) in [5.74, 6) is -0.0298. The standard InChI is InChI=1S/C18H31N3O4/c1-18(2,3)25-17(24)19-10-6-7-11-21-12-15(22)20-14-9-5-4-8-13(14)16(21)23/h13-14H,4-12H2,1-3H3,(H,19,24)(H,20,22)/t13-,14+/m0/s1. The first-order valence-corrected chi connectivity index (χ1v) is 9.31. The number of fused-ring (bicyclic) bond motifs is 1. The normalized spacial score (nSPS) is 24.2. The third-order valence-corrected chi connectivity index (χ3v) is 4.60. The molecule has 1 heterocycles. The van der Waals surface area contributed by atoms with E-state index in [1.54, 1.807) is 4.90 Å². The van der Waals surface area contributed by atoms with E-state index in [1.165, 1.54) is 0 Å². The van der Waals surface area contributed by atoms with E-state index < -0.39 is 11.7 Å². The van der Waals surface area contributed by atoms with Crippen molar-refractivity contribution < 1.29 is 19.1 Å². The van der Waals surface area contributed by atoms with Crippen LogP contribution in [-0.4, -0.2) is 54.1 Å². The molecular weight excluding hydrogens is 322 g/mol. The van der Waals surface area contributed by atoms with Crippen LogP contribution >= 0.6 is 0 Å². The second kappa shape index (κ2) is 8.54. The summed E-state index contributed by atoms with van der Waals surface area (Å²) in [4.78, 5) is 38.0. The summed E-state index contributed by atoms with van der Waals surface area (Å²) in [5.41, 5.74) is -0.507. The molecule has 1 aliphatic heterocycles. The summed E-state index contributed by atoms with van der Waals surface area (Å²) in [6.07, 6.45) is 4.94. The van der Waals surface area contributed by atoms with Crippen molar-refractivity contribution in [1.29, 1.82) is 0 Å². The van der Waals surface area contributed by atoms with Crippen LogP contribution in [0.1, 0.15) is 59.3 Å². The Labute approximate surface area is 149 Å². The third kappa shape index (κ3) is 6.21. The number of nitrogens with one attached hydrogen (secondary N) is 2. The van der Waals surface area contributed by atoms with Crippen molar-refractivity contribution in [3.63, 3.8) is 0 Å². The summed E-state index contributed by atoms with van der Waals surface area (Å²) < 4.78 is 5.17. The molecule has 0 aromatic rings. The lowest BCUT2D eigenvalue weighted by molar-refractivity contribution is -0.137. The fraction of sp³-hybridized carbons (Fsp3) is 0.833. The molecule has 1 saturated heterocycles. The van der Waals surface area contributed by atoms with Crippen molar-refractivity contribution in [2.24, 2.45) is 5.92 Å². The van der Waals surface area contributed by atoms with Crippen molar-refractivity contribution >= 4 is 17.9 Å². The highest BCUT2D eigenvalue weighted by molar-refractivity contribution is 5.89. The van der Waals surface area contributed by atoms with Gasteiger partial charge in [0.2, 0.25) is 11.8 Å². The Morgan fingerprint density at radius 3 is 2.68 bits per heavy atom. The van der Waals surface area contributed by atoms with Gasteiger partial charge < -0.3 is 20.3 Å². The molecule has 3 amide bonds. The smallest absolute Gasteiger partial charge is 0.407 e. The molecule has 2 N–H and O–H groups in total. The van der Waals surface area contributed by atoms with Gasteiger partial charge in [0.1, 0.15) is 5.60 Å². The van der Waals surface area contributed by atoms with E-state index >= 15 is 0 Å². The van der Waals surface area contributed by atoms with Crippen LogP contribution in [0.5, 0.6) is 0 Å². The van der Waals surface area contributed by atoms with Crippen molar-refractivity contribution in [3.8, 4) is 0 Å². The molecule has 2 aliphatic rings. The van der Waals surface area contributed by atoms with Gasteiger partial charge in [-0.2, -0.15) is 0 Å². The van der Waals surface area contributed by atoms with Crippen LogP contribution in [-0.2, 0) is 14.3 Å². The molecule has 0 unspecified atom stereocenters. The number of carbonyl (C=O) groups excluding carboxylic acids is 3. The van der Waals surface area contributed by atoms with Gasteiger partial charge in [0.05, 0.1) is 12.5 Å². The van der Waals surface area contributed by atoms with Crippen LogP contribution in [0.2, 0.25) is 0 Å². The minimum Gasteiger partial charge on any atom is -0.444 e. The SMILES string of the molecule is CC(C)(C)OC(=O)NCCCCN1CC(=O)N[C@@H]2CCCC[C@@H]2C1=O. The van der Waals surface area contributed by atoms with Crippen LogP contribution in [0.25, 0.3) is 0 Å². The Morgan fingerprint density at radius 1 is 1.24 bits per heavy atom. The van der Waals surface area contributed by atoms with Gasteiger partial charge in [0, 0.05) is 19.1 Å². The molecule has 2 fully saturated rings. The number of amides is 3. The van der Waals surface area contributed by atoms with Gasteiger partial charge in [-0.1, -0.05) is 12.8 Å². The summed E-state index contributed by atoms with van der Waals surface area (Å²) in [7, 11) is 0. The van der Waals surface area contributed by atoms with Crippen molar-refractivity contribution in [1.82, 2.24) is 15.5 Å². The monoisotopic (exact) mass is 353 g/mol. The van der Waals surface area contributed by atoms with Crippen molar-refractivity contribution in [3.05, 3.63) is 0 Å². The molecule has 1 aliphatic carbocycles. The fourth-order valence-electron chi connectivity index (χ4n) is 3.46. The summed E-state index contributed by atoms with van der Waals surface area (Å²) in [5, 5.41) is 5.72. The number of nitrogens with zero attached hydrogens (tertiary/aromatic N) is 1. The zero-order valence-corrected chi connectivity index (χ0v) is 15.6. The number of carbonyl (C=O) groups is 3. The first kappa shape index (κ1) is 19.5. The highest BCUT2D eigenvalue weighted by Gasteiger charge is 2.37. The van der Waals surface area contributed by atoms with Gasteiger partial charge in [0.25, 0.3) is 0 Å². The number of rotatable bonds is 5. The second-order valence-corrected chi connectivity index (χ2v) is 7.96. The zero-order valence-electron chi connectivity index (χ0n) is 15.6. The molecule has 2 atom stereocenters. The maximum atomic E-state index is 12.7. The number of hydrogen-bond donors (Lipinski definition) is 2. The second-order valence-electron chi connectivity index (χ2n) is 7.96. The largest absolute Gasteiger partial charge is 0.444 e. The van der Waals surface area contributed by atoms with E-state index in [-0.39, 0.29) is 30.3 Å². The topological polar surface area (TPSA) is 87.7 Å². The lowest BCUT2D eigenvalue weighted by atomic mass is 9.84. The average Bonchev–Trinajstić information content (AvgIpc) is 2.62. The molecule has 0 aromatic heterocycles. The maximum Gasteiger partial charge on any atom is 0.407 e. The van der Waals surface area contributed by atoms with E-state index in [4.69, 9.17) is 4.74 Å². The maximum absolute atomic E-state index is 12.7. The highest BCUT2D eigenvalue weighted by Crippen LogP contribution is 2.27. The lowest BCUT2D eigenvalue weighted by Crippen LogP contribution is -2.43. The molecule has 7 heteroatoms. The van der Waals surface area contributed by atoms with E-state index in [1.807, 2.05) is 20.8 Å². The Morgan fingerprint density at radius 2 is 1.96 bits per heavy atom. The molecule has 25 heavy (non-hydrogen) atoms. The summed E-state index contributed by atoms with van der Waals surface area (Å²) in [6, 6.07) is 0.00702. The Balaban J connectivity index is 1.73. The zero-order chi connectivity index (χ0) is 18.4. The average molecular weight is 353 g/mol. The number of ether oxygens (including phenoxy) is 1. The summed E-state index contributed by atoms with van der Waals surface area (Å²) in [6.45, 7) is 6.65. The number of unbranched alkanes of at least 4 members (excludes halogenated alkanes) is 1. The van der Waals surface area contributed by atoms with Gasteiger partial charge >= 0.3 is 6.09 Å². The first-order chi connectivity index (χ1) is 11.8. The lowest BCUT2D eigenvalue weighted by Gasteiger charge is -2.30. The molecule has 0 bridgehead atoms. The molecular formula is C18H31N3O4. The third-order valence-electron chi connectivity index (χ3n) is 4.60. The van der Waals surface area contributed by atoms with Crippen LogP contribution in [0.15, 0.2) is 0 Å². The minimum atomic E-state index is -0.507. The Bertz CT molecular complexity index is 501. The molecule has 0 aromatic carbocycles. The van der Waals surface area contributed by atoms with Crippen LogP contribution < -0.4 is 10.6 Å². The highest BCUT2D eigenvalue weighted by atomic mass is 16.6. The van der Waals surface area contributed by atoms with E-state index in [0.717, 1.165) is 38.5 Å². The van der Waals surface area contributed by atoms with E-state index in [2.05, 4.69) is 10.6 Å². The van der Waals surface area contributed by atoms with Gasteiger partial charge in [-0.3, -0.25) is 9.59 Å². The summed E-state index contributed by atoms with van der Waals surface area (Å²) >= 11 is 0. The molecule has 0 spiro atoms. The van der Waals surface area contributed by atoms with Gasteiger partial charge in [-0.15, -0.1) is 0 Å². The molecule has 7 nitrogen and oxygen atoms in total. The molecule has 1 saturated carbocycles. The molecule has 142 valence electrons. The first-order valence-electron chi connectivity index (χ1n) is 9.31. The quantitative estimate of drug-likeness (QED) is 0.738. The van der Waals surface area contributed by atoms with Crippen LogP contribution in [0.4, 0.5) is 4.79 Å². The Hall–Kier alpha value is -1.79. The fourth-order valence-corrected chi connectivity index (χ4v) is 3.46. The van der Waals surface area contributed by atoms with Gasteiger partial charge in [-0.05, 0) is 46.5 Å². The number of hydrogen-bond acceptors (Lipinski definition) is 4. The van der Waals surface area contributed by atoms with E-state index in [9.17, 15) is 14.4 Å². The van der Waals surface area contributed by atoms with Crippen molar-refractivity contribution in [2.75, 3.05) is 19.6 Å². The van der Waals surface area contributed by atoms with Crippen LogP contribution in [0.3, 0.4) is 0 Å². The number of alkyl carbamates (subject to hydrolysis) is 1.